The van der Waals surface area contributed by atoms with Gasteiger partial charge in [0.05, 0.1) is 0 Å². The van der Waals surface area contributed by atoms with Gasteiger partial charge < -0.3 is 4.74 Å². The molecule has 1 nitrogen and oxygen atoms in total. The number of benzene rings is 3. The van der Waals surface area contributed by atoms with Gasteiger partial charge in [-0.3, -0.25) is 0 Å². The van der Waals surface area contributed by atoms with Crippen LogP contribution in [0.1, 0.15) is 5.56 Å². The van der Waals surface area contributed by atoms with Crippen molar-refractivity contribution < 1.29 is 9.13 Å². The molecule has 0 saturated heterocycles. The summed E-state index contributed by atoms with van der Waals surface area (Å²) >= 11 is 0. The van der Waals surface area contributed by atoms with Gasteiger partial charge >= 0.3 is 0 Å². The van der Waals surface area contributed by atoms with E-state index >= 15 is 0 Å². The molecule has 1 radical (unpaired) electrons. The molecule has 0 spiro atoms. The van der Waals surface area contributed by atoms with Crippen molar-refractivity contribution in [3.05, 3.63) is 90.2 Å². The third-order valence-corrected chi connectivity index (χ3v) is 3.23. The summed E-state index contributed by atoms with van der Waals surface area (Å²) in [6, 6.07) is 25.3. The summed E-state index contributed by atoms with van der Waals surface area (Å²) in [4.78, 5) is 0. The van der Waals surface area contributed by atoms with Gasteiger partial charge in [0.25, 0.3) is 0 Å². The first-order valence-electron chi connectivity index (χ1n) is 6.77. The van der Waals surface area contributed by atoms with E-state index in [-0.39, 0.29) is 12.4 Å². The monoisotopic (exact) mass is 277 g/mol. The highest BCUT2D eigenvalue weighted by Crippen LogP contribution is 2.29. The molecule has 3 aromatic carbocycles. The van der Waals surface area contributed by atoms with E-state index in [0.29, 0.717) is 11.3 Å². The Kier molecular flexibility index (Phi) is 3.97. The van der Waals surface area contributed by atoms with Crippen LogP contribution < -0.4 is 4.74 Å². The van der Waals surface area contributed by atoms with Crippen molar-refractivity contribution in [1.82, 2.24) is 0 Å². The fourth-order valence-electron chi connectivity index (χ4n) is 2.15. The van der Waals surface area contributed by atoms with E-state index in [2.05, 4.69) is 6.07 Å². The molecule has 0 bridgehead atoms. The van der Waals surface area contributed by atoms with Gasteiger partial charge in [-0.15, -0.1) is 0 Å². The molecule has 0 atom stereocenters. The van der Waals surface area contributed by atoms with E-state index in [0.717, 1.165) is 11.1 Å². The molecular weight excluding hydrogens is 263 g/mol. The number of rotatable bonds is 4. The maximum absolute atomic E-state index is 13.6. The van der Waals surface area contributed by atoms with Gasteiger partial charge in [-0.2, -0.15) is 0 Å². The molecule has 3 aromatic rings. The largest absolute Gasteiger partial charge is 0.487 e. The van der Waals surface area contributed by atoms with Crippen LogP contribution in [0.5, 0.6) is 5.75 Å². The Labute approximate surface area is 123 Å². The Morgan fingerprint density at radius 3 is 2.43 bits per heavy atom. The van der Waals surface area contributed by atoms with Gasteiger partial charge in [-0.1, -0.05) is 66.7 Å². The Morgan fingerprint density at radius 1 is 0.857 bits per heavy atom. The summed E-state index contributed by atoms with van der Waals surface area (Å²) < 4.78 is 19.4. The molecule has 3 rings (SSSR count). The number of halogens is 1. The molecule has 0 aliphatic heterocycles. The van der Waals surface area contributed by atoms with Gasteiger partial charge in [-0.25, -0.2) is 4.39 Å². The normalized spacial score (nSPS) is 10.3. The van der Waals surface area contributed by atoms with Crippen molar-refractivity contribution in [2.75, 3.05) is 0 Å². The summed E-state index contributed by atoms with van der Waals surface area (Å²) in [5.74, 6) is 0.377. The lowest BCUT2D eigenvalue weighted by molar-refractivity contribution is 0.300. The predicted molar refractivity (Wildman–Crippen MR) is 81.4 cm³/mol. The first-order valence-corrected chi connectivity index (χ1v) is 6.77. The molecule has 0 unspecified atom stereocenters. The molecule has 21 heavy (non-hydrogen) atoms. The first-order chi connectivity index (χ1) is 10.3. The highest BCUT2D eigenvalue weighted by molar-refractivity contribution is 5.69. The van der Waals surface area contributed by atoms with Crippen molar-refractivity contribution in [2.45, 2.75) is 6.61 Å². The van der Waals surface area contributed by atoms with Crippen LogP contribution in [0.4, 0.5) is 4.39 Å². The lowest BCUT2D eigenvalue weighted by atomic mass is 10.0. The summed E-state index contributed by atoms with van der Waals surface area (Å²) in [5.41, 5.74) is 2.54. The van der Waals surface area contributed by atoms with E-state index in [4.69, 9.17) is 4.74 Å². The van der Waals surface area contributed by atoms with Crippen LogP contribution in [0.2, 0.25) is 0 Å². The second-order valence-electron chi connectivity index (χ2n) is 4.66. The average molecular weight is 277 g/mol. The molecule has 0 amide bonds. The molecule has 0 aliphatic rings. The number of hydrogen-bond acceptors (Lipinski definition) is 1. The van der Waals surface area contributed by atoms with E-state index in [1.54, 1.807) is 24.3 Å². The molecule has 0 aliphatic carbocycles. The van der Waals surface area contributed by atoms with E-state index < -0.39 is 0 Å². The molecule has 0 fully saturated rings. The van der Waals surface area contributed by atoms with Crippen molar-refractivity contribution >= 4 is 0 Å². The number of para-hydroxylation sites is 1. The lowest BCUT2D eigenvalue weighted by Gasteiger charge is -2.11. The summed E-state index contributed by atoms with van der Waals surface area (Å²) in [7, 11) is 0. The molecule has 0 heterocycles. The van der Waals surface area contributed by atoms with E-state index in [1.807, 2.05) is 42.5 Å². The smallest absolute Gasteiger partial charge is 0.135 e. The fraction of sp³-hybridized carbons (Fsp3) is 0.0526. The van der Waals surface area contributed by atoms with Crippen LogP contribution in [-0.4, -0.2) is 0 Å². The zero-order chi connectivity index (χ0) is 14.5. The fourth-order valence-corrected chi connectivity index (χ4v) is 2.15. The van der Waals surface area contributed by atoms with Crippen LogP contribution in [0, 0.1) is 11.9 Å². The van der Waals surface area contributed by atoms with Crippen molar-refractivity contribution in [1.29, 1.82) is 0 Å². The van der Waals surface area contributed by atoms with Crippen molar-refractivity contribution in [3.63, 3.8) is 0 Å². The zero-order valence-corrected chi connectivity index (χ0v) is 11.4. The molecule has 2 heteroatoms. The maximum Gasteiger partial charge on any atom is 0.135 e. The summed E-state index contributed by atoms with van der Waals surface area (Å²) in [6.07, 6.45) is 0. The Balaban J connectivity index is 1.85. The Morgan fingerprint density at radius 2 is 1.62 bits per heavy atom. The third kappa shape index (κ3) is 3.11. The minimum Gasteiger partial charge on any atom is -0.487 e. The van der Waals surface area contributed by atoms with E-state index in [9.17, 15) is 4.39 Å². The maximum atomic E-state index is 13.6. The van der Waals surface area contributed by atoms with Crippen LogP contribution in [-0.2, 0) is 6.61 Å². The second-order valence-corrected chi connectivity index (χ2v) is 4.66. The molecular formula is C19H14FO. The first kappa shape index (κ1) is 13.4. The number of ether oxygens (including phenoxy) is 1. The van der Waals surface area contributed by atoms with Gasteiger partial charge in [0.1, 0.15) is 18.2 Å². The summed E-state index contributed by atoms with van der Waals surface area (Å²) in [6.45, 7) is 0.188. The van der Waals surface area contributed by atoms with Gasteiger partial charge in [0.15, 0.2) is 0 Å². The third-order valence-electron chi connectivity index (χ3n) is 3.23. The highest BCUT2D eigenvalue weighted by Gasteiger charge is 2.07. The Hall–Kier alpha value is -2.61. The molecule has 0 saturated carbocycles. The quantitative estimate of drug-likeness (QED) is 0.661. The van der Waals surface area contributed by atoms with Gasteiger partial charge in [0.2, 0.25) is 0 Å². The van der Waals surface area contributed by atoms with Gasteiger partial charge in [-0.05, 0) is 11.6 Å². The standard InChI is InChI=1S/C19H14FO/c20-18-12-6-4-10-16(18)14-21-19-13-7-5-11-17(19)15-8-2-1-3-9-15/h1-12H,14H2. The van der Waals surface area contributed by atoms with Crippen molar-refractivity contribution in [2.24, 2.45) is 0 Å². The second kappa shape index (κ2) is 6.23. The van der Waals surface area contributed by atoms with Crippen LogP contribution in [0.25, 0.3) is 11.1 Å². The Bertz CT molecular complexity index is 722. The van der Waals surface area contributed by atoms with Crippen LogP contribution in [0.3, 0.4) is 0 Å². The van der Waals surface area contributed by atoms with E-state index in [1.165, 1.54) is 6.07 Å². The average Bonchev–Trinajstić information content (AvgIpc) is 2.55. The SMILES string of the molecule is Fc1ccccc1COc1[c]cccc1-c1ccccc1. The zero-order valence-electron chi connectivity index (χ0n) is 11.4. The molecule has 103 valence electrons. The molecule has 0 N–H and O–H groups in total. The summed E-state index contributed by atoms with van der Waals surface area (Å²) in [5, 5.41) is 0. The molecule has 0 aromatic heterocycles. The topological polar surface area (TPSA) is 9.23 Å². The number of hydrogen-bond donors (Lipinski definition) is 0. The predicted octanol–water partition coefficient (Wildman–Crippen LogP) is 4.87. The van der Waals surface area contributed by atoms with Crippen molar-refractivity contribution in [3.8, 4) is 16.9 Å². The van der Waals surface area contributed by atoms with Gasteiger partial charge in [0, 0.05) is 17.2 Å². The minimum atomic E-state index is -0.255. The van der Waals surface area contributed by atoms with Crippen LogP contribution >= 0.6 is 0 Å². The highest BCUT2D eigenvalue weighted by atomic mass is 19.1. The van der Waals surface area contributed by atoms with Crippen LogP contribution in [0.15, 0.2) is 72.8 Å². The lowest BCUT2D eigenvalue weighted by Crippen LogP contribution is -1.99. The minimum absolute atomic E-state index is 0.188.